The van der Waals surface area contributed by atoms with Gasteiger partial charge in [-0.2, -0.15) is 0 Å². The Hall–Kier alpha value is -2.65. The molecule has 1 N–H and O–H groups in total. The van der Waals surface area contributed by atoms with E-state index in [9.17, 15) is 4.21 Å². The maximum Gasteiger partial charge on any atom is 0.128 e. The van der Waals surface area contributed by atoms with Crippen LogP contribution in [0.15, 0.2) is 64.9 Å². The van der Waals surface area contributed by atoms with Crippen LogP contribution in [0.25, 0.3) is 32.6 Å². The van der Waals surface area contributed by atoms with E-state index >= 15 is 0 Å². The molecule has 0 aliphatic carbocycles. The van der Waals surface area contributed by atoms with Gasteiger partial charge in [-0.1, -0.05) is 24.3 Å². The molecule has 8 heteroatoms. The summed E-state index contributed by atoms with van der Waals surface area (Å²) in [7, 11) is 2.10. The van der Waals surface area contributed by atoms with Crippen LogP contribution in [0.5, 0.6) is 5.75 Å². The second-order valence-corrected chi connectivity index (χ2v) is 8.73. The molecule has 2 aromatic carbocycles. The van der Waals surface area contributed by atoms with Crippen molar-refractivity contribution in [3.63, 3.8) is 0 Å². The van der Waals surface area contributed by atoms with Crippen LogP contribution < -0.4 is 9.46 Å². The Bertz CT molecular complexity index is 1180. The van der Waals surface area contributed by atoms with Gasteiger partial charge < -0.3 is 9.47 Å². The van der Waals surface area contributed by atoms with Crippen molar-refractivity contribution < 1.29 is 13.7 Å². The lowest BCUT2D eigenvalue weighted by Gasteiger charge is -2.12. The maximum atomic E-state index is 11.9. The van der Waals surface area contributed by atoms with Crippen LogP contribution >= 0.6 is 11.3 Å². The highest BCUT2D eigenvalue weighted by molar-refractivity contribution is 7.83. The third-order valence-electron chi connectivity index (χ3n) is 4.60. The third kappa shape index (κ3) is 4.13. The van der Waals surface area contributed by atoms with Crippen molar-refractivity contribution in [2.75, 3.05) is 27.4 Å². The van der Waals surface area contributed by atoms with Gasteiger partial charge in [0, 0.05) is 23.6 Å². The van der Waals surface area contributed by atoms with Crippen molar-refractivity contribution in [1.82, 2.24) is 14.9 Å². The second-order valence-electron chi connectivity index (χ2n) is 6.40. The summed E-state index contributed by atoms with van der Waals surface area (Å²) in [6.07, 6.45) is 0. The van der Waals surface area contributed by atoms with Gasteiger partial charge in [0.1, 0.15) is 34.7 Å². The normalized spacial score (nSPS) is 12.2. The highest BCUT2D eigenvalue weighted by Gasteiger charge is 2.17. The molecule has 0 saturated heterocycles. The summed E-state index contributed by atoms with van der Waals surface area (Å²) in [6.45, 7) is 0.981. The molecule has 0 spiro atoms. The first-order chi connectivity index (χ1) is 14.7. The Labute approximate surface area is 181 Å². The zero-order valence-corrected chi connectivity index (χ0v) is 18.3. The van der Waals surface area contributed by atoms with Crippen molar-refractivity contribution in [1.29, 1.82) is 0 Å². The van der Waals surface area contributed by atoms with Crippen LogP contribution in [-0.4, -0.2) is 41.8 Å². The van der Waals surface area contributed by atoms with E-state index in [1.165, 1.54) is 0 Å². The van der Waals surface area contributed by atoms with Crippen LogP contribution in [0.3, 0.4) is 0 Å². The molecule has 0 saturated carbocycles. The Morgan fingerprint density at radius 1 is 1.00 bits per heavy atom. The number of benzene rings is 2. The van der Waals surface area contributed by atoms with Gasteiger partial charge >= 0.3 is 0 Å². The Morgan fingerprint density at radius 2 is 1.77 bits per heavy atom. The van der Waals surface area contributed by atoms with Crippen LogP contribution in [0.1, 0.15) is 0 Å². The van der Waals surface area contributed by atoms with E-state index in [1.54, 1.807) is 25.5 Å². The molecule has 1 unspecified atom stereocenters. The molecule has 4 rings (SSSR count). The molecule has 6 nitrogen and oxygen atoms in total. The lowest BCUT2D eigenvalue weighted by molar-refractivity contribution is 0.146. The summed E-state index contributed by atoms with van der Waals surface area (Å²) in [5, 5.41) is 12.2. The largest absolute Gasteiger partial charge is 0.490 e. The molecule has 1 atom stereocenters. The number of hydrogen-bond donors (Lipinski definition) is 1. The molecule has 2 heterocycles. The summed E-state index contributed by atoms with van der Waals surface area (Å²) in [6, 6.07) is 17.4. The van der Waals surface area contributed by atoms with E-state index in [-0.39, 0.29) is 0 Å². The lowest BCUT2D eigenvalue weighted by atomic mass is 10.1. The maximum absolute atomic E-state index is 11.9. The highest BCUT2D eigenvalue weighted by atomic mass is 32.2. The zero-order chi connectivity index (χ0) is 20.9. The number of rotatable bonds is 8. The van der Waals surface area contributed by atoms with Crippen LogP contribution in [0, 0.1) is 0 Å². The monoisotopic (exact) mass is 439 g/mol. The molecule has 0 aliphatic rings. The topological polar surface area (TPSA) is 73.3 Å². The molecule has 30 heavy (non-hydrogen) atoms. The SMILES string of the molecule is CNS(=O)c1ccc(-c2nnc(-c3ccccc3OCCOC)c3sccc23)cc1. The average molecular weight is 440 g/mol. The summed E-state index contributed by atoms with van der Waals surface area (Å²) in [5.41, 5.74) is 3.43. The molecular weight excluding hydrogens is 418 g/mol. The number of hydrogen-bond acceptors (Lipinski definition) is 6. The van der Waals surface area contributed by atoms with Crippen LogP contribution in [0.2, 0.25) is 0 Å². The van der Waals surface area contributed by atoms with E-state index in [2.05, 4.69) is 21.0 Å². The van der Waals surface area contributed by atoms with Gasteiger partial charge in [-0.05, 0) is 42.8 Å². The minimum atomic E-state index is -1.22. The predicted molar refractivity (Wildman–Crippen MR) is 121 cm³/mol. The standard InChI is InChI=1S/C22H21N3O3S2/c1-23-30(26)16-9-7-15(8-10-16)20-18-11-14-29-22(18)21(25-24-20)17-5-3-4-6-19(17)28-13-12-27-2/h3-11,14,23H,12-13H2,1-2H3. The second kappa shape index (κ2) is 9.44. The smallest absolute Gasteiger partial charge is 0.128 e. The first kappa shape index (κ1) is 20.6. The minimum Gasteiger partial charge on any atom is -0.490 e. The number of nitrogens with one attached hydrogen (secondary N) is 1. The average Bonchev–Trinajstić information content (AvgIpc) is 3.29. The molecule has 2 aromatic heterocycles. The number of fused-ring (bicyclic) bond motifs is 1. The van der Waals surface area contributed by atoms with Gasteiger partial charge in [-0.25, -0.2) is 8.93 Å². The fourth-order valence-electron chi connectivity index (χ4n) is 3.15. The van der Waals surface area contributed by atoms with E-state index in [0.29, 0.717) is 13.2 Å². The van der Waals surface area contributed by atoms with Crippen molar-refractivity contribution in [2.24, 2.45) is 0 Å². The molecule has 0 amide bonds. The van der Waals surface area contributed by atoms with Crippen LogP contribution in [-0.2, 0) is 15.7 Å². The number of methoxy groups -OCH3 is 1. The van der Waals surface area contributed by atoms with Gasteiger partial charge in [0.05, 0.1) is 16.2 Å². The molecule has 0 radical (unpaired) electrons. The fourth-order valence-corrected chi connectivity index (χ4v) is 4.66. The number of nitrogens with zero attached hydrogens (tertiary/aromatic N) is 2. The van der Waals surface area contributed by atoms with Crippen LogP contribution in [0.4, 0.5) is 0 Å². The predicted octanol–water partition coefficient (Wildman–Crippen LogP) is 4.29. The zero-order valence-electron chi connectivity index (χ0n) is 16.6. The Balaban J connectivity index is 1.75. The summed E-state index contributed by atoms with van der Waals surface area (Å²) >= 11 is 1.62. The first-order valence-corrected chi connectivity index (χ1v) is 11.4. The van der Waals surface area contributed by atoms with E-state index in [1.807, 2.05) is 53.9 Å². The minimum absolute atomic E-state index is 0.465. The number of ether oxygens (including phenoxy) is 2. The molecule has 154 valence electrons. The lowest BCUT2D eigenvalue weighted by Crippen LogP contribution is -2.10. The van der Waals surface area contributed by atoms with Gasteiger partial charge in [-0.15, -0.1) is 21.5 Å². The summed E-state index contributed by atoms with van der Waals surface area (Å²) in [4.78, 5) is 0.717. The molecule has 0 fully saturated rings. The molecule has 4 aromatic rings. The van der Waals surface area contributed by atoms with Gasteiger partial charge in [0.25, 0.3) is 0 Å². The van der Waals surface area contributed by atoms with E-state index in [4.69, 9.17) is 9.47 Å². The van der Waals surface area contributed by atoms with Crippen molar-refractivity contribution in [3.8, 4) is 28.3 Å². The molecular formula is C22H21N3O3S2. The Morgan fingerprint density at radius 3 is 2.53 bits per heavy atom. The molecule has 0 bridgehead atoms. The van der Waals surface area contributed by atoms with Gasteiger partial charge in [-0.3, -0.25) is 0 Å². The first-order valence-electron chi connectivity index (χ1n) is 9.37. The van der Waals surface area contributed by atoms with Gasteiger partial charge in [0.2, 0.25) is 0 Å². The van der Waals surface area contributed by atoms with E-state index in [0.717, 1.165) is 43.2 Å². The number of aromatic nitrogens is 2. The quantitative estimate of drug-likeness (QED) is 0.415. The van der Waals surface area contributed by atoms with E-state index < -0.39 is 11.0 Å². The van der Waals surface area contributed by atoms with Gasteiger partial charge in [0.15, 0.2) is 0 Å². The summed E-state index contributed by atoms with van der Waals surface area (Å²) < 4.78 is 26.7. The Kier molecular flexibility index (Phi) is 6.49. The molecule has 0 aliphatic heterocycles. The van der Waals surface area contributed by atoms with Crippen molar-refractivity contribution >= 4 is 32.4 Å². The number of thiophene rings is 1. The van der Waals surface area contributed by atoms with Crippen molar-refractivity contribution in [2.45, 2.75) is 4.90 Å². The number of para-hydroxylation sites is 1. The fraction of sp³-hybridized carbons (Fsp3) is 0.182. The summed E-state index contributed by atoms with van der Waals surface area (Å²) in [5.74, 6) is 0.755. The third-order valence-corrected chi connectivity index (χ3v) is 6.59. The highest BCUT2D eigenvalue weighted by Crippen LogP contribution is 2.38. The van der Waals surface area contributed by atoms with Crippen molar-refractivity contribution in [3.05, 3.63) is 60.0 Å².